The molecular formula is C26H36N6O5S. The third-order valence-corrected chi connectivity index (χ3v) is 9.73. The van der Waals surface area contributed by atoms with Gasteiger partial charge < -0.3 is 19.6 Å². The van der Waals surface area contributed by atoms with Gasteiger partial charge in [-0.1, -0.05) is 13.3 Å². The number of rotatable bonds is 8. The lowest BCUT2D eigenvalue weighted by Gasteiger charge is -2.51. The highest BCUT2D eigenvalue weighted by molar-refractivity contribution is 7.89. The first-order valence-electron chi connectivity index (χ1n) is 13.5. The molecule has 3 aromatic rings. The summed E-state index contributed by atoms with van der Waals surface area (Å²) in [5, 5.41) is 17.8. The number of aromatic nitrogens is 4. The molecule has 0 spiro atoms. The Hall–Kier alpha value is -2.80. The highest BCUT2D eigenvalue weighted by Gasteiger charge is 2.39. The first-order chi connectivity index (χ1) is 18.2. The summed E-state index contributed by atoms with van der Waals surface area (Å²) in [7, 11) is -2.16. The SMILES string of the molecule is CCCc1nn(C)c2c(=O)[nH]c(-c3cc(S(=O)(=O)N4CC[N+]([O-])(C5CCCC5)CC4)ccc3OCC)nc12. The number of sulfonamides is 1. The average molecular weight is 545 g/mol. The fourth-order valence-corrected chi connectivity index (χ4v) is 7.28. The van der Waals surface area contributed by atoms with Gasteiger partial charge in [-0.3, -0.25) is 9.48 Å². The molecule has 206 valence electrons. The largest absolute Gasteiger partial charge is 0.633 e. The molecule has 0 amide bonds. The molecule has 0 atom stereocenters. The van der Waals surface area contributed by atoms with Crippen molar-refractivity contribution in [3.63, 3.8) is 0 Å². The van der Waals surface area contributed by atoms with E-state index in [9.17, 15) is 18.4 Å². The van der Waals surface area contributed by atoms with Gasteiger partial charge in [0.25, 0.3) is 5.56 Å². The standard InChI is InChI=1S/C26H36N6O5S/c1-4-8-21-23-24(30(3)29-21)26(33)28-25(27-23)20-17-19(11-12-22(20)37-5-2)38(35,36)31-13-15-32(34,16-14-31)18-9-6-7-10-18/h11-12,17-18H,4-10,13-16H2,1-3H3,(H,27,28,33). The smallest absolute Gasteiger partial charge is 0.277 e. The van der Waals surface area contributed by atoms with E-state index < -0.39 is 10.0 Å². The van der Waals surface area contributed by atoms with Gasteiger partial charge in [-0.05, 0) is 57.2 Å². The molecule has 1 N–H and O–H groups in total. The van der Waals surface area contributed by atoms with Crippen LogP contribution in [0.5, 0.6) is 5.75 Å². The van der Waals surface area contributed by atoms with Crippen molar-refractivity contribution >= 4 is 21.1 Å². The number of nitrogens with zero attached hydrogens (tertiary/aromatic N) is 5. The first-order valence-corrected chi connectivity index (χ1v) is 14.9. The molecule has 0 unspecified atom stereocenters. The Morgan fingerprint density at radius 1 is 1.18 bits per heavy atom. The topological polar surface area (TPSA) is 133 Å². The number of piperazine rings is 1. The van der Waals surface area contributed by atoms with Crippen LogP contribution in [0.4, 0.5) is 0 Å². The molecule has 0 radical (unpaired) electrons. The summed E-state index contributed by atoms with van der Waals surface area (Å²) < 4.78 is 35.7. The number of ether oxygens (including phenoxy) is 1. The minimum absolute atomic E-state index is 0.0745. The molecular weight excluding hydrogens is 508 g/mol. The van der Waals surface area contributed by atoms with Gasteiger partial charge in [0.2, 0.25) is 10.0 Å². The zero-order chi connectivity index (χ0) is 27.1. The molecule has 1 aromatic carbocycles. The van der Waals surface area contributed by atoms with Gasteiger partial charge in [0.05, 0.1) is 55.0 Å². The molecule has 2 aromatic heterocycles. The van der Waals surface area contributed by atoms with E-state index >= 15 is 0 Å². The number of H-pyrrole nitrogens is 1. The van der Waals surface area contributed by atoms with Crippen LogP contribution in [0.3, 0.4) is 0 Å². The lowest BCUT2D eigenvalue weighted by atomic mass is 10.1. The molecule has 11 nitrogen and oxygen atoms in total. The second-order valence-corrected chi connectivity index (χ2v) is 12.2. The fourth-order valence-electron chi connectivity index (χ4n) is 5.83. The maximum absolute atomic E-state index is 13.7. The molecule has 1 saturated heterocycles. The van der Waals surface area contributed by atoms with Crippen LogP contribution in [-0.4, -0.2) is 75.9 Å². The third-order valence-electron chi connectivity index (χ3n) is 7.84. The quantitative estimate of drug-likeness (QED) is 0.340. The molecule has 5 rings (SSSR count). The zero-order valence-corrected chi connectivity index (χ0v) is 23.1. The predicted octanol–water partition coefficient (Wildman–Crippen LogP) is 2.94. The second-order valence-electron chi connectivity index (χ2n) is 10.3. The molecule has 3 heterocycles. The molecule has 12 heteroatoms. The zero-order valence-electron chi connectivity index (χ0n) is 22.3. The number of hydrogen-bond acceptors (Lipinski definition) is 7. The van der Waals surface area contributed by atoms with E-state index in [1.807, 2.05) is 13.8 Å². The summed E-state index contributed by atoms with van der Waals surface area (Å²) >= 11 is 0. The van der Waals surface area contributed by atoms with E-state index in [2.05, 4.69) is 10.1 Å². The highest BCUT2D eigenvalue weighted by atomic mass is 32.2. The first kappa shape index (κ1) is 26.8. The molecule has 1 aliphatic carbocycles. The molecule has 1 aliphatic heterocycles. The van der Waals surface area contributed by atoms with Crippen molar-refractivity contribution in [3.8, 4) is 17.1 Å². The van der Waals surface area contributed by atoms with Crippen molar-refractivity contribution in [2.75, 3.05) is 32.8 Å². The maximum Gasteiger partial charge on any atom is 0.277 e. The molecule has 38 heavy (non-hydrogen) atoms. The summed E-state index contributed by atoms with van der Waals surface area (Å²) in [6.07, 6.45) is 5.49. The Kier molecular flexibility index (Phi) is 7.33. The number of nitrogens with one attached hydrogen (secondary N) is 1. The molecule has 2 aliphatic rings. The van der Waals surface area contributed by atoms with E-state index in [-0.39, 0.29) is 53.1 Å². The van der Waals surface area contributed by atoms with Crippen LogP contribution in [0.2, 0.25) is 0 Å². The van der Waals surface area contributed by atoms with Crippen LogP contribution in [0, 0.1) is 5.21 Å². The van der Waals surface area contributed by atoms with Crippen LogP contribution in [0.25, 0.3) is 22.4 Å². The lowest BCUT2D eigenvalue weighted by molar-refractivity contribution is -0.908. The van der Waals surface area contributed by atoms with Crippen molar-refractivity contribution in [2.24, 2.45) is 7.05 Å². The van der Waals surface area contributed by atoms with E-state index in [1.54, 1.807) is 13.1 Å². The Morgan fingerprint density at radius 3 is 2.55 bits per heavy atom. The third kappa shape index (κ3) is 4.74. The summed E-state index contributed by atoms with van der Waals surface area (Å²) in [6, 6.07) is 4.70. The average Bonchev–Trinajstić information content (AvgIpc) is 3.54. The van der Waals surface area contributed by atoms with Gasteiger partial charge in [0.1, 0.15) is 17.1 Å². The van der Waals surface area contributed by atoms with Gasteiger partial charge >= 0.3 is 0 Å². The minimum Gasteiger partial charge on any atom is -0.633 e. The lowest BCUT2D eigenvalue weighted by Crippen LogP contribution is -2.60. The van der Waals surface area contributed by atoms with E-state index in [0.29, 0.717) is 41.1 Å². The number of quaternary nitrogens is 1. The van der Waals surface area contributed by atoms with Crippen LogP contribution < -0.4 is 10.3 Å². The maximum atomic E-state index is 13.7. The Bertz CT molecular complexity index is 1480. The monoisotopic (exact) mass is 544 g/mol. The number of hydrogen-bond donors (Lipinski definition) is 1. The molecule has 0 bridgehead atoms. The van der Waals surface area contributed by atoms with E-state index in [0.717, 1.165) is 32.1 Å². The number of aryl methyl sites for hydroxylation is 2. The normalized spacial score (nSPS) is 18.8. The van der Waals surface area contributed by atoms with E-state index in [4.69, 9.17) is 9.72 Å². The van der Waals surface area contributed by atoms with Crippen LogP contribution in [-0.2, 0) is 23.5 Å². The van der Waals surface area contributed by atoms with Crippen molar-refractivity contribution < 1.29 is 17.8 Å². The van der Waals surface area contributed by atoms with Gasteiger partial charge in [0.15, 0.2) is 5.52 Å². The van der Waals surface area contributed by atoms with Crippen molar-refractivity contribution in [1.82, 2.24) is 24.1 Å². The summed E-state index contributed by atoms with van der Waals surface area (Å²) in [5.74, 6) is 0.647. The predicted molar refractivity (Wildman–Crippen MR) is 144 cm³/mol. The number of fused-ring (bicyclic) bond motifs is 1. The number of aromatic amines is 1. The molecule has 2 fully saturated rings. The van der Waals surface area contributed by atoms with Crippen LogP contribution >= 0.6 is 0 Å². The Balaban J connectivity index is 1.51. The minimum atomic E-state index is -3.87. The summed E-state index contributed by atoms with van der Waals surface area (Å²) in [6.45, 7) is 5.11. The number of benzene rings is 1. The van der Waals surface area contributed by atoms with Gasteiger partial charge in [-0.15, -0.1) is 0 Å². The van der Waals surface area contributed by atoms with Crippen molar-refractivity contribution in [2.45, 2.75) is 63.3 Å². The molecule has 1 saturated carbocycles. The van der Waals surface area contributed by atoms with Crippen molar-refractivity contribution in [1.29, 1.82) is 0 Å². The van der Waals surface area contributed by atoms with Gasteiger partial charge in [-0.2, -0.15) is 9.40 Å². The highest BCUT2D eigenvalue weighted by Crippen LogP contribution is 2.34. The summed E-state index contributed by atoms with van der Waals surface area (Å²) in [5.41, 5.74) is 1.61. The van der Waals surface area contributed by atoms with Crippen LogP contribution in [0.1, 0.15) is 51.6 Å². The summed E-state index contributed by atoms with van der Waals surface area (Å²) in [4.78, 5) is 20.6. The van der Waals surface area contributed by atoms with Crippen LogP contribution in [0.15, 0.2) is 27.9 Å². The van der Waals surface area contributed by atoms with Gasteiger partial charge in [-0.25, -0.2) is 13.4 Å². The number of hydroxylamine groups is 3. The van der Waals surface area contributed by atoms with Crippen molar-refractivity contribution in [3.05, 3.63) is 39.5 Å². The fraction of sp³-hybridized carbons (Fsp3) is 0.577. The van der Waals surface area contributed by atoms with E-state index in [1.165, 1.54) is 21.1 Å². The Morgan fingerprint density at radius 2 is 1.89 bits per heavy atom. The second kappa shape index (κ2) is 10.4. The van der Waals surface area contributed by atoms with Gasteiger partial charge in [0, 0.05) is 7.05 Å². The Labute approximate surface area is 222 Å².